The summed E-state index contributed by atoms with van der Waals surface area (Å²) in [5, 5.41) is 7.89. The van der Waals surface area contributed by atoms with Gasteiger partial charge in [-0.25, -0.2) is 0 Å². The molecule has 0 N–H and O–H groups in total. The quantitative estimate of drug-likeness (QED) is 0.842. The van der Waals surface area contributed by atoms with Gasteiger partial charge >= 0.3 is 6.18 Å². The molecule has 128 valence electrons. The van der Waals surface area contributed by atoms with Gasteiger partial charge in [0.1, 0.15) is 12.5 Å². The van der Waals surface area contributed by atoms with Crippen LogP contribution < -0.4 is 9.64 Å². The second kappa shape index (κ2) is 7.01. The summed E-state index contributed by atoms with van der Waals surface area (Å²) in [6.07, 6.45) is -5.04. The molecule has 1 aromatic rings. The maximum absolute atomic E-state index is 12.3. The number of carbonyl (C=O) groups is 1. The third kappa shape index (κ3) is 5.26. The lowest BCUT2D eigenvalue weighted by molar-refractivity contribution is -0.163. The first-order valence-corrected chi connectivity index (χ1v) is 7.27. The number of nitrogens with zero attached hydrogens (tertiary/aromatic N) is 4. The summed E-state index contributed by atoms with van der Waals surface area (Å²) in [6, 6.07) is 3.39. The zero-order chi connectivity index (χ0) is 17.0. The number of hydrogen-bond donors (Lipinski definition) is 0. The Morgan fingerprint density at radius 3 is 2.70 bits per heavy atom. The van der Waals surface area contributed by atoms with Crippen LogP contribution in [0.25, 0.3) is 0 Å². The fourth-order valence-corrected chi connectivity index (χ4v) is 2.33. The zero-order valence-electron chi connectivity index (χ0n) is 13.0. The molecule has 1 aromatic heterocycles. The van der Waals surface area contributed by atoms with E-state index in [1.807, 2.05) is 14.1 Å². The molecule has 23 heavy (non-hydrogen) atoms. The Hall–Kier alpha value is -2.06. The minimum atomic E-state index is -4.49. The number of ether oxygens (including phenoxy) is 1. The van der Waals surface area contributed by atoms with Crippen LogP contribution in [-0.4, -0.2) is 60.5 Å². The molecule has 0 saturated carbocycles. The molecule has 9 heteroatoms. The number of halogens is 3. The van der Waals surface area contributed by atoms with Crippen molar-refractivity contribution in [3.05, 3.63) is 12.1 Å². The Kier molecular flexibility index (Phi) is 5.27. The summed E-state index contributed by atoms with van der Waals surface area (Å²) in [5.41, 5.74) is 0. The SMILES string of the molecule is CN(C)c1ccc(OC2CCCN(C(=O)CC(F)(F)F)C2)nn1. The Labute approximate surface area is 132 Å². The predicted octanol–water partition coefficient (Wildman–Crippen LogP) is 1.86. The molecule has 1 atom stereocenters. The normalized spacial score (nSPS) is 18.7. The number of alkyl halides is 3. The highest BCUT2D eigenvalue weighted by Gasteiger charge is 2.35. The summed E-state index contributed by atoms with van der Waals surface area (Å²) in [7, 11) is 3.66. The highest BCUT2D eigenvalue weighted by atomic mass is 19.4. The van der Waals surface area contributed by atoms with Crippen molar-refractivity contribution in [3.63, 3.8) is 0 Å². The second-order valence-corrected chi connectivity index (χ2v) is 5.64. The third-order valence-electron chi connectivity index (χ3n) is 3.45. The molecule has 2 rings (SSSR count). The van der Waals surface area contributed by atoms with Crippen LogP contribution in [0, 0.1) is 0 Å². The number of piperidine rings is 1. The van der Waals surface area contributed by atoms with Gasteiger partial charge in [-0.1, -0.05) is 0 Å². The number of likely N-dealkylation sites (tertiary alicyclic amines) is 1. The molecule has 0 aromatic carbocycles. The molecule has 1 fully saturated rings. The van der Waals surface area contributed by atoms with E-state index in [0.717, 1.165) is 0 Å². The molecule has 2 heterocycles. The van der Waals surface area contributed by atoms with Crippen molar-refractivity contribution < 1.29 is 22.7 Å². The average molecular weight is 332 g/mol. The Balaban J connectivity index is 1.92. The third-order valence-corrected chi connectivity index (χ3v) is 3.45. The van der Waals surface area contributed by atoms with Crippen LogP contribution in [0.5, 0.6) is 5.88 Å². The van der Waals surface area contributed by atoms with E-state index < -0.39 is 18.5 Å². The highest BCUT2D eigenvalue weighted by Crippen LogP contribution is 2.23. The summed E-state index contributed by atoms with van der Waals surface area (Å²) in [5.74, 6) is 0.0496. The van der Waals surface area contributed by atoms with E-state index in [1.54, 1.807) is 17.0 Å². The molecule has 0 bridgehead atoms. The van der Waals surface area contributed by atoms with Crippen LogP contribution in [0.1, 0.15) is 19.3 Å². The van der Waals surface area contributed by atoms with Gasteiger partial charge in [-0.3, -0.25) is 4.79 Å². The summed E-state index contributed by atoms with van der Waals surface area (Å²) in [4.78, 5) is 14.6. The van der Waals surface area contributed by atoms with Crippen LogP contribution in [0.15, 0.2) is 12.1 Å². The lowest BCUT2D eigenvalue weighted by Gasteiger charge is -2.32. The van der Waals surface area contributed by atoms with Gasteiger partial charge in [-0.2, -0.15) is 13.2 Å². The van der Waals surface area contributed by atoms with Crippen molar-refractivity contribution in [3.8, 4) is 5.88 Å². The molecule has 0 spiro atoms. The smallest absolute Gasteiger partial charge is 0.397 e. The van der Waals surface area contributed by atoms with Crippen molar-refractivity contribution in [1.29, 1.82) is 0 Å². The first-order chi connectivity index (χ1) is 10.7. The molecule has 1 amide bonds. The molecule has 0 radical (unpaired) electrons. The number of amides is 1. The van der Waals surface area contributed by atoms with Gasteiger partial charge < -0.3 is 14.5 Å². The average Bonchev–Trinajstić information content (AvgIpc) is 2.46. The van der Waals surface area contributed by atoms with E-state index in [0.29, 0.717) is 31.1 Å². The maximum atomic E-state index is 12.3. The van der Waals surface area contributed by atoms with Crippen molar-refractivity contribution in [1.82, 2.24) is 15.1 Å². The monoisotopic (exact) mass is 332 g/mol. The largest absolute Gasteiger partial charge is 0.471 e. The molecule has 1 aliphatic rings. The number of rotatable bonds is 4. The van der Waals surface area contributed by atoms with Gasteiger partial charge in [0.15, 0.2) is 5.82 Å². The Bertz CT molecular complexity index is 534. The lowest BCUT2D eigenvalue weighted by atomic mass is 10.1. The number of hydrogen-bond acceptors (Lipinski definition) is 5. The van der Waals surface area contributed by atoms with Gasteiger partial charge in [-0.05, 0) is 18.9 Å². The van der Waals surface area contributed by atoms with Crippen molar-refractivity contribution in [2.75, 3.05) is 32.1 Å². The first-order valence-electron chi connectivity index (χ1n) is 7.27. The maximum Gasteiger partial charge on any atom is 0.397 e. The number of aromatic nitrogens is 2. The van der Waals surface area contributed by atoms with Gasteiger partial charge in [0.2, 0.25) is 11.8 Å². The lowest BCUT2D eigenvalue weighted by Crippen LogP contribution is -2.45. The van der Waals surface area contributed by atoms with Crippen LogP contribution in [0.4, 0.5) is 19.0 Å². The molecule has 1 aliphatic heterocycles. The van der Waals surface area contributed by atoms with Gasteiger partial charge in [0.25, 0.3) is 0 Å². The molecular formula is C14H19F3N4O2. The summed E-state index contributed by atoms with van der Waals surface area (Å²) < 4.78 is 42.6. The fourth-order valence-electron chi connectivity index (χ4n) is 2.33. The van der Waals surface area contributed by atoms with Crippen LogP contribution >= 0.6 is 0 Å². The van der Waals surface area contributed by atoms with Gasteiger partial charge in [0.05, 0.1) is 6.54 Å². The number of carbonyl (C=O) groups excluding carboxylic acids is 1. The van der Waals surface area contributed by atoms with E-state index in [2.05, 4.69) is 10.2 Å². The molecule has 1 unspecified atom stereocenters. The van der Waals surface area contributed by atoms with Gasteiger partial charge in [0, 0.05) is 26.7 Å². The zero-order valence-corrected chi connectivity index (χ0v) is 13.0. The van der Waals surface area contributed by atoms with Crippen LogP contribution in [0.2, 0.25) is 0 Å². The second-order valence-electron chi connectivity index (χ2n) is 5.64. The number of anilines is 1. The standard InChI is InChI=1S/C14H19F3N4O2/c1-20(2)11-5-6-12(19-18-11)23-10-4-3-7-21(9-10)13(22)8-14(15,16)17/h5-6,10H,3-4,7-9H2,1-2H3. The van der Waals surface area contributed by atoms with Crippen molar-refractivity contribution in [2.45, 2.75) is 31.5 Å². The Morgan fingerprint density at radius 1 is 1.39 bits per heavy atom. The fraction of sp³-hybridized carbons (Fsp3) is 0.643. The van der Waals surface area contributed by atoms with E-state index >= 15 is 0 Å². The van der Waals surface area contributed by atoms with E-state index in [1.165, 1.54) is 4.90 Å². The minimum absolute atomic E-state index is 0.131. The molecule has 1 saturated heterocycles. The van der Waals surface area contributed by atoms with E-state index in [4.69, 9.17) is 4.74 Å². The van der Waals surface area contributed by atoms with Crippen molar-refractivity contribution in [2.24, 2.45) is 0 Å². The minimum Gasteiger partial charge on any atom is -0.471 e. The van der Waals surface area contributed by atoms with Crippen molar-refractivity contribution >= 4 is 11.7 Å². The van der Waals surface area contributed by atoms with E-state index in [9.17, 15) is 18.0 Å². The molecular weight excluding hydrogens is 313 g/mol. The van der Waals surface area contributed by atoms with E-state index in [-0.39, 0.29) is 12.6 Å². The highest BCUT2D eigenvalue weighted by molar-refractivity contribution is 5.77. The summed E-state index contributed by atoms with van der Waals surface area (Å²) >= 11 is 0. The van der Waals surface area contributed by atoms with Crippen LogP contribution in [0.3, 0.4) is 0 Å². The first kappa shape index (κ1) is 17.3. The predicted molar refractivity (Wildman–Crippen MR) is 77.3 cm³/mol. The topological polar surface area (TPSA) is 58.6 Å². The Morgan fingerprint density at radius 2 is 2.13 bits per heavy atom. The summed E-state index contributed by atoms with van der Waals surface area (Å²) in [6.45, 7) is 0.450. The molecule has 0 aliphatic carbocycles. The molecule has 6 nitrogen and oxygen atoms in total. The van der Waals surface area contributed by atoms with Gasteiger partial charge in [-0.15, -0.1) is 10.2 Å². The van der Waals surface area contributed by atoms with Crippen LogP contribution in [-0.2, 0) is 4.79 Å².